The van der Waals surface area contributed by atoms with E-state index in [-0.39, 0.29) is 11.5 Å². The van der Waals surface area contributed by atoms with Crippen molar-refractivity contribution in [3.05, 3.63) is 41.3 Å². The maximum absolute atomic E-state index is 13.2. The Morgan fingerprint density at radius 3 is 2.14 bits per heavy atom. The van der Waals surface area contributed by atoms with E-state index in [0.717, 1.165) is 26.4 Å². The topological polar surface area (TPSA) is 78.6 Å². The molecule has 0 amide bonds. The molecule has 1 aromatic carbocycles. The van der Waals surface area contributed by atoms with Crippen LogP contribution in [0.15, 0.2) is 22.6 Å². The lowest BCUT2D eigenvalue weighted by atomic mass is 10.2. The van der Waals surface area contributed by atoms with Gasteiger partial charge in [0.25, 0.3) is 0 Å². The highest BCUT2D eigenvalue weighted by Gasteiger charge is 2.27. The van der Waals surface area contributed by atoms with Gasteiger partial charge in [-0.05, 0) is 12.1 Å². The second-order valence-corrected chi connectivity index (χ2v) is 3.84. The van der Waals surface area contributed by atoms with Crippen molar-refractivity contribution in [1.82, 2.24) is 4.98 Å². The van der Waals surface area contributed by atoms with Gasteiger partial charge in [0, 0.05) is 11.6 Å². The average Bonchev–Trinajstić information content (AvgIpc) is 2.89. The van der Waals surface area contributed by atoms with Crippen LogP contribution in [0.2, 0.25) is 0 Å². The van der Waals surface area contributed by atoms with Crippen LogP contribution < -0.4 is 0 Å². The number of nitrogens with zero attached hydrogens (tertiary/aromatic N) is 1. The molecule has 110 valence electrons. The number of halogens is 2. The summed E-state index contributed by atoms with van der Waals surface area (Å²) in [5, 5.41) is 0. The van der Waals surface area contributed by atoms with Gasteiger partial charge in [0.15, 0.2) is 0 Å². The molecule has 0 unspecified atom stereocenters. The molecule has 1 aromatic heterocycles. The van der Waals surface area contributed by atoms with Gasteiger partial charge in [0.1, 0.15) is 11.6 Å². The molecule has 0 N–H and O–H groups in total. The first-order chi connectivity index (χ1) is 9.96. The lowest BCUT2D eigenvalue weighted by Crippen LogP contribution is -2.10. The van der Waals surface area contributed by atoms with Gasteiger partial charge >= 0.3 is 11.9 Å². The number of oxazole rings is 1. The first-order valence-electron chi connectivity index (χ1n) is 5.60. The molecule has 0 aliphatic heterocycles. The molecule has 0 saturated heterocycles. The smallest absolute Gasteiger partial charge is 0.376 e. The molecule has 0 saturated carbocycles. The number of rotatable bonds is 3. The van der Waals surface area contributed by atoms with Crippen molar-refractivity contribution in [1.29, 1.82) is 0 Å². The fourth-order valence-electron chi connectivity index (χ4n) is 1.59. The molecule has 0 bridgehead atoms. The van der Waals surface area contributed by atoms with Gasteiger partial charge in [-0.25, -0.2) is 23.4 Å². The molecule has 0 aliphatic rings. The molecule has 1 heterocycles. The molecule has 6 nitrogen and oxygen atoms in total. The number of carbonyl (C=O) groups is 2. The molecule has 21 heavy (non-hydrogen) atoms. The zero-order valence-electron chi connectivity index (χ0n) is 11.0. The second-order valence-electron chi connectivity index (χ2n) is 3.84. The summed E-state index contributed by atoms with van der Waals surface area (Å²) >= 11 is 0. The van der Waals surface area contributed by atoms with Crippen LogP contribution in [0.4, 0.5) is 8.78 Å². The van der Waals surface area contributed by atoms with Gasteiger partial charge in [0.05, 0.1) is 14.2 Å². The highest BCUT2D eigenvalue weighted by Crippen LogP contribution is 2.24. The maximum Gasteiger partial charge on any atom is 0.376 e. The van der Waals surface area contributed by atoms with Gasteiger partial charge in [-0.2, -0.15) is 0 Å². The Hall–Kier alpha value is -2.77. The van der Waals surface area contributed by atoms with Crippen LogP contribution in [0, 0.1) is 11.6 Å². The molecular formula is C13H9F2NO5. The van der Waals surface area contributed by atoms with Gasteiger partial charge < -0.3 is 13.9 Å². The molecule has 2 rings (SSSR count). The summed E-state index contributed by atoms with van der Waals surface area (Å²) in [6.45, 7) is 0. The summed E-state index contributed by atoms with van der Waals surface area (Å²) in [5.74, 6) is -4.45. The van der Waals surface area contributed by atoms with E-state index in [9.17, 15) is 18.4 Å². The summed E-state index contributed by atoms with van der Waals surface area (Å²) in [7, 11) is 2.16. The van der Waals surface area contributed by atoms with Crippen LogP contribution in [0.3, 0.4) is 0 Å². The number of ether oxygens (including phenoxy) is 2. The third-order valence-corrected chi connectivity index (χ3v) is 2.49. The third kappa shape index (κ3) is 2.88. The Morgan fingerprint density at radius 1 is 1.05 bits per heavy atom. The maximum atomic E-state index is 13.2. The predicted molar refractivity (Wildman–Crippen MR) is 64.5 cm³/mol. The standard InChI is InChI=1S/C13H9F2NO5/c1-19-12(17)9-10(13(18)20-2)21-11(16-9)6-3-7(14)5-8(15)4-6/h3-5H,1-2H3. The molecule has 2 aromatic rings. The number of hydrogen-bond acceptors (Lipinski definition) is 6. The largest absolute Gasteiger partial charge is 0.464 e. The summed E-state index contributed by atoms with van der Waals surface area (Å²) in [5.41, 5.74) is -0.517. The van der Waals surface area contributed by atoms with Crippen LogP contribution in [-0.4, -0.2) is 31.1 Å². The first-order valence-corrected chi connectivity index (χ1v) is 5.60. The van der Waals surface area contributed by atoms with E-state index in [1.807, 2.05) is 0 Å². The normalized spacial score (nSPS) is 10.3. The van der Waals surface area contributed by atoms with E-state index in [2.05, 4.69) is 14.5 Å². The number of hydrogen-bond donors (Lipinski definition) is 0. The Kier molecular flexibility index (Phi) is 3.97. The minimum absolute atomic E-state index is 0.0761. The van der Waals surface area contributed by atoms with Crippen LogP contribution in [0.25, 0.3) is 11.5 Å². The summed E-state index contributed by atoms with van der Waals surface area (Å²) in [6.07, 6.45) is 0. The second kappa shape index (κ2) is 5.70. The van der Waals surface area contributed by atoms with Crippen molar-refractivity contribution < 1.29 is 32.3 Å². The number of aromatic nitrogens is 1. The summed E-state index contributed by atoms with van der Waals surface area (Å²) in [4.78, 5) is 26.8. The minimum Gasteiger partial charge on any atom is -0.464 e. The van der Waals surface area contributed by atoms with Crippen molar-refractivity contribution >= 4 is 11.9 Å². The molecular weight excluding hydrogens is 288 g/mol. The van der Waals surface area contributed by atoms with Crippen molar-refractivity contribution in [3.63, 3.8) is 0 Å². The van der Waals surface area contributed by atoms with E-state index < -0.39 is 35.0 Å². The first kappa shape index (κ1) is 14.6. The SMILES string of the molecule is COC(=O)c1nc(-c2cc(F)cc(F)c2)oc1C(=O)OC. The quantitative estimate of drug-likeness (QED) is 0.808. The number of benzene rings is 1. The van der Waals surface area contributed by atoms with Gasteiger partial charge in [0.2, 0.25) is 17.3 Å². The zero-order valence-corrected chi connectivity index (χ0v) is 11.0. The van der Waals surface area contributed by atoms with Crippen LogP contribution >= 0.6 is 0 Å². The summed E-state index contributed by atoms with van der Waals surface area (Å²) in [6, 6.07) is 2.54. The molecule has 8 heteroatoms. The molecule has 0 spiro atoms. The van der Waals surface area contributed by atoms with Gasteiger partial charge in [-0.15, -0.1) is 0 Å². The van der Waals surface area contributed by atoms with E-state index in [1.165, 1.54) is 0 Å². The highest BCUT2D eigenvalue weighted by molar-refractivity contribution is 6.00. The molecule has 0 atom stereocenters. The Labute approximate surface area is 117 Å². The van der Waals surface area contributed by atoms with Crippen molar-refractivity contribution in [2.24, 2.45) is 0 Å². The van der Waals surface area contributed by atoms with Crippen molar-refractivity contribution in [3.8, 4) is 11.5 Å². The number of methoxy groups -OCH3 is 2. The third-order valence-electron chi connectivity index (χ3n) is 2.49. The Bertz CT molecular complexity index is 657. The lowest BCUT2D eigenvalue weighted by Gasteiger charge is -1.97. The molecule has 0 aliphatic carbocycles. The molecule has 0 fully saturated rings. The molecule has 0 radical (unpaired) electrons. The van der Waals surface area contributed by atoms with E-state index in [4.69, 9.17) is 4.42 Å². The van der Waals surface area contributed by atoms with Crippen molar-refractivity contribution in [2.45, 2.75) is 0 Å². The van der Waals surface area contributed by atoms with E-state index >= 15 is 0 Å². The minimum atomic E-state index is -0.967. The van der Waals surface area contributed by atoms with Crippen LogP contribution in [-0.2, 0) is 9.47 Å². The summed E-state index contributed by atoms with van der Waals surface area (Å²) < 4.78 is 40.3. The van der Waals surface area contributed by atoms with Gasteiger partial charge in [-0.3, -0.25) is 0 Å². The van der Waals surface area contributed by atoms with E-state index in [1.54, 1.807) is 0 Å². The van der Waals surface area contributed by atoms with Crippen LogP contribution in [0.5, 0.6) is 0 Å². The van der Waals surface area contributed by atoms with Gasteiger partial charge in [-0.1, -0.05) is 0 Å². The van der Waals surface area contributed by atoms with Crippen LogP contribution in [0.1, 0.15) is 21.0 Å². The Morgan fingerprint density at radius 2 is 1.62 bits per heavy atom. The Balaban J connectivity index is 2.57. The zero-order chi connectivity index (χ0) is 15.6. The highest BCUT2D eigenvalue weighted by atomic mass is 19.1. The lowest BCUT2D eigenvalue weighted by molar-refractivity contribution is 0.0527. The monoisotopic (exact) mass is 297 g/mol. The van der Waals surface area contributed by atoms with E-state index in [0.29, 0.717) is 6.07 Å². The number of esters is 2. The fourth-order valence-corrected chi connectivity index (χ4v) is 1.59. The average molecular weight is 297 g/mol. The predicted octanol–water partition coefficient (Wildman–Crippen LogP) is 2.19. The number of carbonyl (C=O) groups excluding carboxylic acids is 2. The fraction of sp³-hybridized carbons (Fsp3) is 0.154. The van der Waals surface area contributed by atoms with Crippen molar-refractivity contribution in [2.75, 3.05) is 14.2 Å².